The van der Waals surface area contributed by atoms with Crippen LogP contribution in [-0.2, 0) is 14.3 Å². The van der Waals surface area contributed by atoms with Gasteiger partial charge < -0.3 is 9.47 Å². The van der Waals surface area contributed by atoms with Gasteiger partial charge in [0.15, 0.2) is 0 Å². The van der Waals surface area contributed by atoms with Gasteiger partial charge in [0, 0.05) is 5.75 Å². The van der Waals surface area contributed by atoms with E-state index in [4.69, 9.17) is 4.74 Å². The first-order chi connectivity index (χ1) is 7.70. The fraction of sp³-hybridized carbons (Fsp3) is 0.800. The molecule has 1 heterocycles. The maximum absolute atomic E-state index is 11.6. The van der Waals surface area contributed by atoms with Crippen molar-refractivity contribution in [3.05, 3.63) is 0 Å². The quantitative estimate of drug-likeness (QED) is 0.556. The number of ether oxygens (including phenoxy) is 2. The molecule has 1 aliphatic rings. The lowest BCUT2D eigenvalue weighted by Crippen LogP contribution is -2.42. The highest BCUT2D eigenvalue weighted by Gasteiger charge is 2.36. The predicted octanol–water partition coefficient (Wildman–Crippen LogP) is 1.47. The Kier molecular flexibility index (Phi) is 5.45. The van der Waals surface area contributed by atoms with E-state index < -0.39 is 12.1 Å². The molecule has 0 bridgehead atoms. The van der Waals surface area contributed by atoms with E-state index in [9.17, 15) is 9.59 Å². The number of unbranched alkanes of at least 4 members (excludes halogenated alkanes) is 1. The van der Waals surface area contributed by atoms with Crippen LogP contribution in [0.2, 0.25) is 0 Å². The Hall–Kier alpha value is -0.910. The van der Waals surface area contributed by atoms with Crippen LogP contribution in [0.4, 0.5) is 4.79 Å². The molecule has 1 fully saturated rings. The van der Waals surface area contributed by atoms with Gasteiger partial charge in [-0.3, -0.25) is 4.90 Å². The van der Waals surface area contributed by atoms with Gasteiger partial charge in [-0.2, -0.15) is 0 Å². The van der Waals surface area contributed by atoms with Gasteiger partial charge in [-0.1, -0.05) is 13.3 Å². The van der Waals surface area contributed by atoms with E-state index in [2.05, 4.69) is 4.74 Å². The van der Waals surface area contributed by atoms with E-state index in [0.29, 0.717) is 18.2 Å². The molecule has 1 atom stereocenters. The van der Waals surface area contributed by atoms with Crippen molar-refractivity contribution < 1.29 is 19.1 Å². The van der Waals surface area contributed by atoms with Crippen molar-refractivity contribution >= 4 is 23.8 Å². The van der Waals surface area contributed by atoms with Crippen LogP contribution in [0.1, 0.15) is 19.8 Å². The second-order valence-corrected chi connectivity index (χ2v) is 4.48. The molecular weight excluding hydrogens is 230 g/mol. The largest absolute Gasteiger partial charge is 0.467 e. The number of methoxy groups -OCH3 is 1. The van der Waals surface area contributed by atoms with E-state index >= 15 is 0 Å². The first-order valence-electron chi connectivity index (χ1n) is 5.29. The SMILES string of the molecule is CCCCOC(=O)N1CSCC1C(=O)OC. The van der Waals surface area contributed by atoms with Crippen LogP contribution in [0.15, 0.2) is 0 Å². The molecule has 6 heteroatoms. The molecule has 0 radical (unpaired) electrons. The van der Waals surface area contributed by atoms with Crippen molar-refractivity contribution in [3.63, 3.8) is 0 Å². The van der Waals surface area contributed by atoms with Crippen molar-refractivity contribution in [1.29, 1.82) is 0 Å². The fourth-order valence-electron chi connectivity index (χ4n) is 1.34. The summed E-state index contributed by atoms with van der Waals surface area (Å²) in [5, 5.41) is 0. The van der Waals surface area contributed by atoms with Gasteiger partial charge in [0.05, 0.1) is 19.6 Å². The zero-order chi connectivity index (χ0) is 12.0. The lowest BCUT2D eigenvalue weighted by molar-refractivity contribution is -0.144. The minimum Gasteiger partial charge on any atom is -0.467 e. The molecule has 0 aromatic heterocycles. The smallest absolute Gasteiger partial charge is 0.411 e. The third kappa shape index (κ3) is 3.30. The maximum Gasteiger partial charge on any atom is 0.411 e. The number of thioether (sulfide) groups is 1. The molecule has 16 heavy (non-hydrogen) atoms. The summed E-state index contributed by atoms with van der Waals surface area (Å²) in [6, 6.07) is -0.496. The number of esters is 1. The number of carbonyl (C=O) groups is 2. The first-order valence-corrected chi connectivity index (χ1v) is 6.45. The molecule has 5 nitrogen and oxygen atoms in total. The zero-order valence-electron chi connectivity index (χ0n) is 9.60. The fourth-order valence-corrected chi connectivity index (χ4v) is 2.47. The molecule has 92 valence electrons. The standard InChI is InChI=1S/C10H17NO4S/c1-3-4-5-15-10(13)11-7-16-6-8(11)9(12)14-2/h8H,3-7H2,1-2H3. The Morgan fingerprint density at radius 3 is 2.88 bits per heavy atom. The summed E-state index contributed by atoms with van der Waals surface area (Å²) in [6.07, 6.45) is 1.40. The van der Waals surface area contributed by atoms with Crippen LogP contribution in [0, 0.1) is 0 Å². The summed E-state index contributed by atoms with van der Waals surface area (Å²) in [6.45, 7) is 2.43. The molecule has 0 spiro atoms. The van der Waals surface area contributed by atoms with Crippen molar-refractivity contribution in [3.8, 4) is 0 Å². The van der Waals surface area contributed by atoms with Crippen LogP contribution < -0.4 is 0 Å². The molecule has 1 saturated heterocycles. The molecule has 1 unspecified atom stereocenters. The van der Waals surface area contributed by atoms with Gasteiger partial charge >= 0.3 is 12.1 Å². The van der Waals surface area contributed by atoms with Gasteiger partial charge in [-0.25, -0.2) is 9.59 Å². The van der Waals surface area contributed by atoms with Gasteiger partial charge in [0.2, 0.25) is 0 Å². The Labute approximate surface area is 99.5 Å². The van der Waals surface area contributed by atoms with Crippen molar-refractivity contribution in [2.24, 2.45) is 0 Å². The second kappa shape index (κ2) is 6.62. The van der Waals surface area contributed by atoms with Crippen LogP contribution in [0.5, 0.6) is 0 Å². The molecule has 1 rings (SSSR count). The van der Waals surface area contributed by atoms with Crippen LogP contribution >= 0.6 is 11.8 Å². The van der Waals surface area contributed by atoms with Crippen molar-refractivity contribution in [2.45, 2.75) is 25.8 Å². The van der Waals surface area contributed by atoms with E-state index in [1.807, 2.05) is 6.92 Å². The van der Waals surface area contributed by atoms with Gasteiger partial charge in [0.25, 0.3) is 0 Å². The number of hydrogen-bond acceptors (Lipinski definition) is 5. The molecule has 0 aromatic rings. The number of amides is 1. The third-order valence-corrected chi connectivity index (χ3v) is 3.33. The summed E-state index contributed by atoms with van der Waals surface area (Å²) in [7, 11) is 1.33. The minimum absolute atomic E-state index is 0.377. The van der Waals surface area contributed by atoms with Crippen molar-refractivity contribution in [1.82, 2.24) is 4.90 Å². The van der Waals surface area contributed by atoms with E-state index in [1.54, 1.807) is 0 Å². The summed E-state index contributed by atoms with van der Waals surface area (Å²) in [5.41, 5.74) is 0. The Balaban J connectivity index is 2.44. The van der Waals surface area contributed by atoms with Crippen molar-refractivity contribution in [2.75, 3.05) is 25.3 Å². The highest BCUT2D eigenvalue weighted by atomic mass is 32.2. The Morgan fingerprint density at radius 2 is 2.25 bits per heavy atom. The molecular formula is C10H17NO4S. The van der Waals surface area contributed by atoms with E-state index in [1.165, 1.54) is 23.8 Å². The number of hydrogen-bond donors (Lipinski definition) is 0. The lowest BCUT2D eigenvalue weighted by atomic mass is 10.3. The average molecular weight is 247 g/mol. The van der Waals surface area contributed by atoms with Gasteiger partial charge in [-0.05, 0) is 6.42 Å². The molecule has 1 amide bonds. The number of nitrogens with zero attached hydrogens (tertiary/aromatic N) is 1. The summed E-state index contributed by atoms with van der Waals surface area (Å²) in [4.78, 5) is 24.4. The second-order valence-electron chi connectivity index (χ2n) is 3.48. The predicted molar refractivity (Wildman–Crippen MR) is 61.2 cm³/mol. The minimum atomic E-state index is -0.496. The lowest BCUT2D eigenvalue weighted by Gasteiger charge is -2.20. The zero-order valence-corrected chi connectivity index (χ0v) is 10.4. The van der Waals surface area contributed by atoms with E-state index in [-0.39, 0.29) is 5.97 Å². The van der Waals surface area contributed by atoms with Gasteiger partial charge in [-0.15, -0.1) is 11.8 Å². The number of rotatable bonds is 4. The molecule has 0 saturated carbocycles. The third-order valence-electron chi connectivity index (χ3n) is 2.31. The van der Waals surface area contributed by atoms with E-state index in [0.717, 1.165) is 12.8 Å². The van der Waals surface area contributed by atoms with Crippen LogP contribution in [0.3, 0.4) is 0 Å². The highest BCUT2D eigenvalue weighted by molar-refractivity contribution is 7.99. The average Bonchev–Trinajstić information content (AvgIpc) is 2.77. The molecule has 1 aliphatic heterocycles. The Morgan fingerprint density at radius 1 is 1.50 bits per heavy atom. The van der Waals surface area contributed by atoms with Gasteiger partial charge in [0.1, 0.15) is 6.04 Å². The molecule has 0 aromatic carbocycles. The van der Waals surface area contributed by atoms with Crippen LogP contribution in [-0.4, -0.2) is 48.4 Å². The Bertz CT molecular complexity index is 259. The monoisotopic (exact) mass is 247 g/mol. The molecule has 0 N–H and O–H groups in total. The number of carbonyl (C=O) groups excluding carboxylic acids is 2. The first kappa shape index (κ1) is 13.2. The molecule has 0 aliphatic carbocycles. The summed E-state index contributed by atoms with van der Waals surface area (Å²) < 4.78 is 9.70. The topological polar surface area (TPSA) is 55.8 Å². The summed E-state index contributed by atoms with van der Waals surface area (Å²) in [5.74, 6) is 0.692. The highest BCUT2D eigenvalue weighted by Crippen LogP contribution is 2.22. The normalized spacial score (nSPS) is 19.6. The summed E-state index contributed by atoms with van der Waals surface area (Å²) >= 11 is 1.53. The maximum atomic E-state index is 11.6. The van der Waals surface area contributed by atoms with Crippen LogP contribution in [0.25, 0.3) is 0 Å².